The molecule has 1 heterocycles. The first-order valence-electron chi connectivity index (χ1n) is 6.97. The van der Waals surface area contributed by atoms with E-state index in [9.17, 15) is 13.2 Å². The second-order valence-electron chi connectivity index (χ2n) is 5.79. The summed E-state index contributed by atoms with van der Waals surface area (Å²) < 4.78 is 22.2. The molecule has 0 aromatic heterocycles. The van der Waals surface area contributed by atoms with Gasteiger partial charge in [-0.3, -0.25) is 4.79 Å². The molecule has 0 aromatic carbocycles. The highest BCUT2D eigenvalue weighted by Crippen LogP contribution is 2.16. The Morgan fingerprint density at radius 1 is 1.42 bits per heavy atom. The van der Waals surface area contributed by atoms with Crippen LogP contribution in [0.15, 0.2) is 0 Å². The van der Waals surface area contributed by atoms with Crippen LogP contribution in [0, 0.1) is 5.92 Å². The van der Waals surface area contributed by atoms with Gasteiger partial charge in [-0.25, -0.2) is 8.42 Å². The Bertz CT molecular complexity index is 393. The largest absolute Gasteiger partial charge is 0.342 e. The molecule has 5 nitrogen and oxygen atoms in total. The topological polar surface area (TPSA) is 66.5 Å². The summed E-state index contributed by atoms with van der Waals surface area (Å²) in [5.74, 6) is 0.412. The number of hydrogen-bond acceptors (Lipinski definition) is 4. The average Bonchev–Trinajstić information content (AvgIpc) is 2.33. The van der Waals surface area contributed by atoms with Crippen LogP contribution >= 0.6 is 0 Å². The number of amides is 1. The zero-order chi connectivity index (χ0) is 14.5. The van der Waals surface area contributed by atoms with Gasteiger partial charge in [0.05, 0.1) is 5.75 Å². The molecule has 0 radical (unpaired) electrons. The van der Waals surface area contributed by atoms with Crippen molar-refractivity contribution in [3.63, 3.8) is 0 Å². The van der Waals surface area contributed by atoms with E-state index in [4.69, 9.17) is 0 Å². The van der Waals surface area contributed by atoms with Gasteiger partial charge in [-0.05, 0) is 25.3 Å². The van der Waals surface area contributed by atoms with Crippen LogP contribution in [0.25, 0.3) is 0 Å². The maximum atomic E-state index is 12.0. The van der Waals surface area contributed by atoms with E-state index >= 15 is 0 Å². The van der Waals surface area contributed by atoms with Gasteiger partial charge in [0.15, 0.2) is 0 Å². The van der Waals surface area contributed by atoms with Crippen molar-refractivity contribution in [3.8, 4) is 0 Å². The molecule has 1 saturated heterocycles. The first kappa shape index (κ1) is 16.4. The minimum atomic E-state index is -3.05. The fourth-order valence-corrected chi connectivity index (χ4v) is 2.84. The zero-order valence-corrected chi connectivity index (χ0v) is 13.0. The number of likely N-dealkylation sites (tertiary alicyclic amines) is 1. The Kier molecular flexibility index (Phi) is 6.26. The molecule has 1 amide bonds. The van der Waals surface area contributed by atoms with Crippen LogP contribution in [0.2, 0.25) is 0 Å². The minimum Gasteiger partial charge on any atom is -0.342 e. The highest BCUT2D eigenvalue weighted by atomic mass is 32.2. The Labute approximate surface area is 116 Å². The average molecular weight is 290 g/mol. The maximum absolute atomic E-state index is 12.0. The predicted molar refractivity (Wildman–Crippen MR) is 76.8 cm³/mol. The molecule has 19 heavy (non-hydrogen) atoms. The Hall–Kier alpha value is -0.620. The standard InChI is InChI=1S/C13H26N2O3S/c1-11(2)14-9-12-5-4-7-15(10-12)13(16)6-8-19(3,17)18/h11-12,14H,4-10H2,1-3H3. The van der Waals surface area contributed by atoms with Crippen molar-refractivity contribution in [3.05, 3.63) is 0 Å². The van der Waals surface area contributed by atoms with Gasteiger partial charge in [0.25, 0.3) is 0 Å². The Morgan fingerprint density at radius 2 is 2.11 bits per heavy atom. The molecule has 0 bridgehead atoms. The van der Waals surface area contributed by atoms with Crippen molar-refractivity contribution in [1.29, 1.82) is 0 Å². The van der Waals surface area contributed by atoms with Gasteiger partial charge in [-0.1, -0.05) is 13.8 Å². The van der Waals surface area contributed by atoms with Gasteiger partial charge in [0.2, 0.25) is 5.91 Å². The molecule has 0 aliphatic carbocycles. The molecule has 0 aromatic rings. The monoisotopic (exact) mass is 290 g/mol. The molecule has 1 atom stereocenters. The van der Waals surface area contributed by atoms with E-state index in [1.807, 2.05) is 4.90 Å². The second-order valence-corrected chi connectivity index (χ2v) is 8.05. The van der Waals surface area contributed by atoms with Crippen LogP contribution in [0.4, 0.5) is 0 Å². The highest BCUT2D eigenvalue weighted by Gasteiger charge is 2.23. The smallest absolute Gasteiger partial charge is 0.223 e. The Morgan fingerprint density at radius 3 is 2.68 bits per heavy atom. The van der Waals surface area contributed by atoms with Crippen LogP contribution in [0.3, 0.4) is 0 Å². The summed E-state index contributed by atoms with van der Waals surface area (Å²) in [6, 6.07) is 0.455. The van der Waals surface area contributed by atoms with Gasteiger partial charge >= 0.3 is 0 Å². The predicted octanol–water partition coefficient (Wildman–Crippen LogP) is 0.658. The zero-order valence-electron chi connectivity index (χ0n) is 12.2. The normalized spacial score (nSPS) is 20.8. The summed E-state index contributed by atoms with van der Waals surface area (Å²) in [4.78, 5) is 13.8. The molecule has 6 heteroatoms. The molecule has 1 unspecified atom stereocenters. The van der Waals surface area contributed by atoms with Crippen LogP contribution in [0.5, 0.6) is 0 Å². The molecule has 1 fully saturated rings. The third-order valence-electron chi connectivity index (χ3n) is 3.37. The van der Waals surface area contributed by atoms with Crippen LogP contribution in [-0.2, 0) is 14.6 Å². The van der Waals surface area contributed by atoms with Gasteiger partial charge in [-0.15, -0.1) is 0 Å². The van der Waals surface area contributed by atoms with Crippen molar-refractivity contribution in [2.75, 3.05) is 31.6 Å². The summed E-state index contributed by atoms with van der Waals surface area (Å²) in [5.41, 5.74) is 0. The van der Waals surface area contributed by atoms with E-state index in [1.54, 1.807) is 0 Å². The van der Waals surface area contributed by atoms with E-state index in [-0.39, 0.29) is 18.1 Å². The van der Waals surface area contributed by atoms with Gasteiger partial charge in [0, 0.05) is 31.8 Å². The van der Waals surface area contributed by atoms with Crippen LogP contribution in [0.1, 0.15) is 33.1 Å². The lowest BCUT2D eigenvalue weighted by atomic mass is 9.97. The quantitative estimate of drug-likeness (QED) is 0.780. The first-order valence-corrected chi connectivity index (χ1v) is 9.03. The minimum absolute atomic E-state index is 0.0281. The summed E-state index contributed by atoms with van der Waals surface area (Å²) in [5, 5.41) is 3.40. The fraction of sp³-hybridized carbons (Fsp3) is 0.923. The van der Waals surface area contributed by atoms with Gasteiger partial charge in [0.1, 0.15) is 9.84 Å². The van der Waals surface area contributed by atoms with Gasteiger partial charge < -0.3 is 10.2 Å². The fourth-order valence-electron chi connectivity index (χ4n) is 2.29. The summed E-state index contributed by atoms with van der Waals surface area (Å²) >= 11 is 0. The van der Waals surface area contributed by atoms with Crippen molar-refractivity contribution in [2.24, 2.45) is 5.92 Å². The van der Waals surface area contributed by atoms with Crippen molar-refractivity contribution < 1.29 is 13.2 Å². The Balaban J connectivity index is 2.39. The number of piperidine rings is 1. The van der Waals surface area contributed by atoms with Crippen LogP contribution < -0.4 is 5.32 Å². The number of sulfone groups is 1. The van der Waals surface area contributed by atoms with Crippen LogP contribution in [-0.4, -0.2) is 56.9 Å². The van der Waals surface area contributed by atoms with Crippen molar-refractivity contribution >= 4 is 15.7 Å². The highest BCUT2D eigenvalue weighted by molar-refractivity contribution is 7.90. The summed E-state index contributed by atoms with van der Waals surface area (Å²) in [6.45, 7) is 6.66. The molecule has 1 aliphatic rings. The molecule has 1 rings (SSSR count). The number of hydrogen-bond donors (Lipinski definition) is 1. The molecule has 0 spiro atoms. The van der Waals surface area contributed by atoms with E-state index in [1.165, 1.54) is 6.26 Å². The van der Waals surface area contributed by atoms with E-state index < -0.39 is 9.84 Å². The third kappa shape index (κ3) is 6.92. The molecule has 0 saturated carbocycles. The maximum Gasteiger partial charge on any atom is 0.223 e. The summed E-state index contributed by atoms with van der Waals surface area (Å²) in [7, 11) is -3.05. The SMILES string of the molecule is CC(C)NCC1CCCN(C(=O)CCS(C)(=O)=O)C1. The third-order valence-corrected chi connectivity index (χ3v) is 4.32. The van der Waals surface area contributed by atoms with E-state index in [0.717, 1.165) is 32.5 Å². The first-order chi connectivity index (χ1) is 8.78. The van der Waals surface area contributed by atoms with Crippen molar-refractivity contribution in [2.45, 2.75) is 39.2 Å². The summed E-state index contributed by atoms with van der Waals surface area (Å²) in [6.07, 6.45) is 3.43. The molecule has 112 valence electrons. The van der Waals surface area contributed by atoms with Gasteiger partial charge in [-0.2, -0.15) is 0 Å². The number of nitrogens with zero attached hydrogens (tertiary/aromatic N) is 1. The molecule has 1 N–H and O–H groups in total. The lowest BCUT2D eigenvalue weighted by molar-refractivity contribution is -0.132. The molecular weight excluding hydrogens is 264 g/mol. The van der Waals surface area contributed by atoms with Crippen molar-refractivity contribution in [1.82, 2.24) is 10.2 Å². The lowest BCUT2D eigenvalue weighted by Gasteiger charge is -2.33. The van der Waals surface area contributed by atoms with E-state index in [2.05, 4.69) is 19.2 Å². The second kappa shape index (κ2) is 7.24. The molecule has 1 aliphatic heterocycles. The van der Waals surface area contributed by atoms with E-state index in [0.29, 0.717) is 12.0 Å². The number of rotatable bonds is 6. The number of carbonyl (C=O) groups excluding carboxylic acids is 1. The molecular formula is C13H26N2O3S. The lowest BCUT2D eigenvalue weighted by Crippen LogP contribution is -2.44. The number of carbonyl (C=O) groups is 1. The number of nitrogens with one attached hydrogen (secondary N) is 1.